The van der Waals surface area contributed by atoms with Crippen LogP contribution in [0.15, 0.2) is 48.7 Å². The second-order valence-electron chi connectivity index (χ2n) is 8.15. The number of halogens is 3. The molecule has 0 aliphatic carbocycles. The summed E-state index contributed by atoms with van der Waals surface area (Å²) < 4.78 is 44.5. The van der Waals surface area contributed by atoms with Crippen molar-refractivity contribution in [2.75, 3.05) is 0 Å². The van der Waals surface area contributed by atoms with Crippen LogP contribution in [-0.4, -0.2) is 33.8 Å². The van der Waals surface area contributed by atoms with Crippen LogP contribution in [-0.2, 0) is 17.5 Å². The summed E-state index contributed by atoms with van der Waals surface area (Å²) in [5, 5.41) is 0. The van der Waals surface area contributed by atoms with Crippen LogP contribution in [0.1, 0.15) is 53.7 Å². The smallest absolute Gasteiger partial charge is 0.416 e. The number of benzene rings is 1. The van der Waals surface area contributed by atoms with E-state index in [1.54, 1.807) is 4.90 Å². The quantitative estimate of drug-likeness (QED) is 0.619. The van der Waals surface area contributed by atoms with Crippen LogP contribution >= 0.6 is 0 Å². The standard InChI is InChI=1S/C23H23F3N2O3/c24-23(25,26)17-9-10-27-20(13-17)21(29)16-11-18-7-4-8-19(12-16)28(18)22(30)31-14-15-5-2-1-3-6-15/h1-3,5-6,9-10,13,16,18-19H,4,7-8,11-12,14H2. The first-order valence-electron chi connectivity index (χ1n) is 10.4. The van der Waals surface area contributed by atoms with Gasteiger partial charge in [0.15, 0.2) is 5.78 Å². The lowest BCUT2D eigenvalue weighted by molar-refractivity contribution is -0.137. The predicted octanol–water partition coefficient (Wildman–Crippen LogP) is 5.25. The van der Waals surface area contributed by atoms with Crippen molar-refractivity contribution >= 4 is 11.9 Å². The maximum Gasteiger partial charge on any atom is 0.416 e. The molecule has 2 saturated heterocycles. The van der Waals surface area contributed by atoms with Gasteiger partial charge in [-0.3, -0.25) is 9.78 Å². The monoisotopic (exact) mass is 432 g/mol. The minimum atomic E-state index is -4.53. The van der Waals surface area contributed by atoms with E-state index in [-0.39, 0.29) is 30.2 Å². The lowest BCUT2D eigenvalue weighted by atomic mass is 9.76. The van der Waals surface area contributed by atoms with Crippen molar-refractivity contribution < 1.29 is 27.5 Å². The molecule has 0 radical (unpaired) electrons. The minimum Gasteiger partial charge on any atom is -0.445 e. The molecule has 0 spiro atoms. The number of piperidine rings is 2. The first kappa shape index (κ1) is 21.3. The number of hydrogen-bond donors (Lipinski definition) is 0. The Morgan fingerprint density at radius 1 is 1.06 bits per heavy atom. The molecule has 0 saturated carbocycles. The number of rotatable bonds is 4. The van der Waals surface area contributed by atoms with Gasteiger partial charge in [0, 0.05) is 24.2 Å². The van der Waals surface area contributed by atoms with E-state index in [1.165, 1.54) is 0 Å². The van der Waals surface area contributed by atoms with Crippen molar-refractivity contribution in [1.82, 2.24) is 9.88 Å². The number of pyridine rings is 1. The summed E-state index contributed by atoms with van der Waals surface area (Å²) in [6.07, 6.45) is -0.649. The molecule has 1 aromatic heterocycles. The summed E-state index contributed by atoms with van der Waals surface area (Å²) in [5.74, 6) is -0.843. The number of alkyl halides is 3. The molecule has 2 bridgehead atoms. The van der Waals surface area contributed by atoms with E-state index >= 15 is 0 Å². The number of aromatic nitrogens is 1. The summed E-state index contributed by atoms with van der Waals surface area (Å²) in [5.41, 5.74) is -0.160. The number of fused-ring (bicyclic) bond motifs is 2. The van der Waals surface area contributed by atoms with Gasteiger partial charge in [-0.25, -0.2) is 4.79 Å². The summed E-state index contributed by atoms with van der Waals surface area (Å²) in [6.45, 7) is 0.173. The van der Waals surface area contributed by atoms with Crippen LogP contribution in [0.3, 0.4) is 0 Å². The van der Waals surface area contributed by atoms with Crippen molar-refractivity contribution in [3.63, 3.8) is 0 Å². The van der Waals surface area contributed by atoms with E-state index in [1.807, 2.05) is 30.3 Å². The first-order valence-corrected chi connectivity index (χ1v) is 10.4. The van der Waals surface area contributed by atoms with Gasteiger partial charge in [-0.1, -0.05) is 30.3 Å². The molecule has 5 nitrogen and oxygen atoms in total. The zero-order valence-corrected chi connectivity index (χ0v) is 16.8. The van der Waals surface area contributed by atoms with Crippen LogP contribution in [0.5, 0.6) is 0 Å². The lowest BCUT2D eigenvalue weighted by Crippen LogP contribution is -2.55. The molecule has 8 heteroatoms. The van der Waals surface area contributed by atoms with Crippen LogP contribution in [0.4, 0.5) is 18.0 Å². The fraction of sp³-hybridized carbons (Fsp3) is 0.435. The van der Waals surface area contributed by atoms with E-state index in [0.29, 0.717) is 12.8 Å². The Morgan fingerprint density at radius 3 is 2.39 bits per heavy atom. The summed E-state index contributed by atoms with van der Waals surface area (Å²) in [7, 11) is 0. The van der Waals surface area contributed by atoms with Gasteiger partial charge in [0.2, 0.25) is 0 Å². The van der Waals surface area contributed by atoms with Crippen LogP contribution in [0, 0.1) is 5.92 Å². The number of carbonyl (C=O) groups is 2. The molecule has 2 fully saturated rings. The predicted molar refractivity (Wildman–Crippen MR) is 106 cm³/mol. The number of amides is 1. The SMILES string of the molecule is O=C(c1cc(C(F)(F)F)ccn1)C1CC2CCCC(C1)N2C(=O)OCc1ccccc1. The number of hydrogen-bond acceptors (Lipinski definition) is 4. The second kappa shape index (κ2) is 8.69. The molecule has 2 aliphatic heterocycles. The van der Waals surface area contributed by atoms with E-state index in [4.69, 9.17) is 4.74 Å². The van der Waals surface area contributed by atoms with Crippen LogP contribution in [0.2, 0.25) is 0 Å². The van der Waals surface area contributed by atoms with Crippen molar-refractivity contribution in [3.05, 3.63) is 65.5 Å². The topological polar surface area (TPSA) is 59.5 Å². The molecule has 164 valence electrons. The van der Waals surface area contributed by atoms with E-state index in [2.05, 4.69) is 4.98 Å². The second-order valence-corrected chi connectivity index (χ2v) is 8.15. The van der Waals surface area contributed by atoms with Gasteiger partial charge in [-0.15, -0.1) is 0 Å². The van der Waals surface area contributed by atoms with Gasteiger partial charge in [-0.05, 0) is 49.8 Å². The van der Waals surface area contributed by atoms with Crippen molar-refractivity contribution in [2.45, 2.75) is 57.0 Å². The molecular formula is C23H23F3N2O3. The minimum absolute atomic E-state index is 0.157. The zero-order chi connectivity index (χ0) is 22.0. The third kappa shape index (κ3) is 4.73. The fourth-order valence-electron chi connectivity index (χ4n) is 4.64. The molecule has 2 aromatic rings. The highest BCUT2D eigenvalue weighted by molar-refractivity contribution is 5.96. The average Bonchev–Trinajstić information content (AvgIpc) is 2.76. The van der Waals surface area contributed by atoms with E-state index in [9.17, 15) is 22.8 Å². The Kier molecular flexibility index (Phi) is 5.98. The highest BCUT2D eigenvalue weighted by Crippen LogP contribution is 2.39. The Labute approximate surface area is 178 Å². The number of ether oxygens (including phenoxy) is 1. The van der Waals surface area contributed by atoms with Gasteiger partial charge < -0.3 is 9.64 Å². The largest absolute Gasteiger partial charge is 0.445 e. The number of nitrogens with zero attached hydrogens (tertiary/aromatic N) is 2. The molecule has 1 aromatic carbocycles. The average molecular weight is 432 g/mol. The maximum atomic E-state index is 13.0. The van der Waals surface area contributed by atoms with Crippen molar-refractivity contribution in [1.29, 1.82) is 0 Å². The zero-order valence-electron chi connectivity index (χ0n) is 16.8. The third-order valence-corrected chi connectivity index (χ3v) is 6.10. The summed E-state index contributed by atoms with van der Waals surface area (Å²) in [6, 6.07) is 10.7. The number of carbonyl (C=O) groups excluding carboxylic acids is 2. The molecule has 4 rings (SSSR count). The Hall–Kier alpha value is -2.90. The number of Topliss-reactive ketones (excluding diaryl/α,β-unsaturated/α-hetero) is 1. The van der Waals surface area contributed by atoms with Gasteiger partial charge in [0.25, 0.3) is 0 Å². The molecular weight excluding hydrogens is 409 g/mol. The lowest BCUT2D eigenvalue weighted by Gasteiger charge is -2.47. The molecule has 31 heavy (non-hydrogen) atoms. The van der Waals surface area contributed by atoms with E-state index in [0.717, 1.165) is 43.2 Å². The highest BCUT2D eigenvalue weighted by atomic mass is 19.4. The Bertz CT molecular complexity index is 935. The fourth-order valence-corrected chi connectivity index (χ4v) is 4.64. The summed E-state index contributed by atoms with van der Waals surface area (Å²) in [4.78, 5) is 31.3. The third-order valence-electron chi connectivity index (χ3n) is 6.10. The molecule has 2 atom stereocenters. The molecule has 2 aliphatic rings. The number of ketones is 1. The van der Waals surface area contributed by atoms with Gasteiger partial charge >= 0.3 is 12.3 Å². The van der Waals surface area contributed by atoms with Crippen LogP contribution in [0.25, 0.3) is 0 Å². The van der Waals surface area contributed by atoms with Crippen LogP contribution < -0.4 is 0 Å². The Balaban J connectivity index is 1.44. The maximum absolute atomic E-state index is 13.0. The van der Waals surface area contributed by atoms with Gasteiger partial charge in [0.1, 0.15) is 12.3 Å². The first-order chi connectivity index (χ1) is 14.8. The van der Waals surface area contributed by atoms with Gasteiger partial charge in [0.05, 0.1) is 5.56 Å². The van der Waals surface area contributed by atoms with Crippen molar-refractivity contribution in [3.8, 4) is 0 Å². The van der Waals surface area contributed by atoms with Gasteiger partial charge in [-0.2, -0.15) is 13.2 Å². The normalized spacial score (nSPS) is 23.3. The molecule has 2 unspecified atom stereocenters. The highest BCUT2D eigenvalue weighted by Gasteiger charge is 2.44. The molecule has 3 heterocycles. The summed E-state index contributed by atoms with van der Waals surface area (Å²) >= 11 is 0. The molecule has 0 N–H and O–H groups in total. The van der Waals surface area contributed by atoms with Crippen molar-refractivity contribution in [2.24, 2.45) is 5.92 Å². The Morgan fingerprint density at radius 2 is 1.74 bits per heavy atom. The molecule has 1 amide bonds. The van der Waals surface area contributed by atoms with E-state index < -0.39 is 23.8 Å².